The van der Waals surface area contributed by atoms with Crippen LogP contribution in [0.4, 0.5) is 0 Å². The molecular weight excluding hydrogens is 146 g/mol. The maximum absolute atomic E-state index is 9.84. The second kappa shape index (κ2) is 8.68. The van der Waals surface area contributed by atoms with Gasteiger partial charge in [-0.1, -0.05) is 6.58 Å². The van der Waals surface area contributed by atoms with Crippen LogP contribution in [0.1, 0.15) is 0 Å². The molecule has 0 aliphatic rings. The van der Waals surface area contributed by atoms with Crippen molar-refractivity contribution in [3.63, 3.8) is 0 Å². The normalized spacial score (nSPS) is 6.82. The molecule has 4 nitrogen and oxygen atoms in total. The first-order valence-corrected chi connectivity index (χ1v) is 2.90. The van der Waals surface area contributed by atoms with Crippen molar-refractivity contribution >= 4 is 12.4 Å². The number of ether oxygens (including phenoxy) is 1. The summed E-state index contributed by atoms with van der Waals surface area (Å²) in [7, 11) is 4.68. The van der Waals surface area contributed by atoms with Crippen LogP contribution in [0.2, 0.25) is 0 Å². The number of carbonyl (C=O) groups excluding carboxylic acids is 2. The van der Waals surface area contributed by atoms with Gasteiger partial charge in [0, 0.05) is 20.2 Å². The fourth-order valence-corrected chi connectivity index (χ4v) is 0.0833. The molecule has 0 saturated heterocycles. The van der Waals surface area contributed by atoms with Crippen LogP contribution in [0.5, 0.6) is 0 Å². The van der Waals surface area contributed by atoms with Crippen LogP contribution in [0, 0.1) is 0 Å². The van der Waals surface area contributed by atoms with Crippen molar-refractivity contribution in [2.24, 2.45) is 0 Å². The van der Waals surface area contributed by atoms with E-state index in [-0.39, 0.29) is 0 Å². The predicted octanol–water partition coefficient (Wildman–Crippen LogP) is 0.0498. The summed E-state index contributed by atoms with van der Waals surface area (Å²) >= 11 is 0. The van der Waals surface area contributed by atoms with Gasteiger partial charge in [0.05, 0.1) is 7.11 Å². The highest BCUT2D eigenvalue weighted by atomic mass is 16.5. The van der Waals surface area contributed by atoms with E-state index < -0.39 is 5.97 Å². The highest BCUT2D eigenvalue weighted by Crippen LogP contribution is 1.67. The summed E-state index contributed by atoms with van der Waals surface area (Å²) in [6, 6.07) is 0. The van der Waals surface area contributed by atoms with Crippen molar-refractivity contribution in [1.29, 1.82) is 0 Å². The largest absolute Gasteiger partial charge is 0.466 e. The third-order valence-electron chi connectivity index (χ3n) is 0.579. The van der Waals surface area contributed by atoms with Gasteiger partial charge >= 0.3 is 5.97 Å². The van der Waals surface area contributed by atoms with E-state index in [2.05, 4.69) is 11.3 Å². The van der Waals surface area contributed by atoms with Crippen LogP contribution < -0.4 is 0 Å². The molecule has 4 heteroatoms. The van der Waals surface area contributed by atoms with Gasteiger partial charge in [0.15, 0.2) is 0 Å². The van der Waals surface area contributed by atoms with Crippen LogP contribution >= 0.6 is 0 Å². The molecule has 0 atom stereocenters. The summed E-state index contributed by atoms with van der Waals surface area (Å²) in [5, 5.41) is 0. The number of rotatable bonds is 2. The fourth-order valence-electron chi connectivity index (χ4n) is 0.0833. The van der Waals surface area contributed by atoms with E-state index in [0.29, 0.717) is 0 Å². The van der Waals surface area contributed by atoms with Crippen LogP contribution in [0.15, 0.2) is 12.7 Å². The van der Waals surface area contributed by atoms with Gasteiger partial charge in [-0.15, -0.1) is 0 Å². The van der Waals surface area contributed by atoms with E-state index in [0.717, 1.165) is 12.5 Å². The first-order chi connectivity index (χ1) is 5.08. The highest BCUT2D eigenvalue weighted by Gasteiger charge is 1.81. The molecule has 0 aromatic rings. The zero-order valence-electron chi connectivity index (χ0n) is 7.03. The smallest absolute Gasteiger partial charge is 0.329 e. The van der Waals surface area contributed by atoms with Gasteiger partial charge < -0.3 is 9.64 Å². The molecule has 64 valence electrons. The van der Waals surface area contributed by atoms with Crippen LogP contribution in [-0.4, -0.2) is 38.5 Å². The number of hydrogen-bond donors (Lipinski definition) is 0. The summed E-state index contributed by atoms with van der Waals surface area (Å²) in [6.07, 6.45) is 1.86. The van der Waals surface area contributed by atoms with Gasteiger partial charge in [-0.25, -0.2) is 4.79 Å². The quantitative estimate of drug-likeness (QED) is 0.325. The van der Waals surface area contributed by atoms with E-state index in [4.69, 9.17) is 0 Å². The predicted molar refractivity (Wildman–Crippen MR) is 42.0 cm³/mol. The monoisotopic (exact) mass is 159 g/mol. The summed E-state index contributed by atoms with van der Waals surface area (Å²) in [6.45, 7) is 3.16. The standard InChI is InChI=1S/C4H6O2.C3H7NO/c1-3-4(5)6-2;1-4(2)3-5/h3H,1H2,2H3;3H,1-2H3. The van der Waals surface area contributed by atoms with E-state index in [9.17, 15) is 9.59 Å². The summed E-state index contributed by atoms with van der Waals surface area (Å²) < 4.78 is 4.14. The molecular formula is C7H13NO3. The SMILES string of the molecule is C=CC(=O)OC.CN(C)C=O. The molecule has 11 heavy (non-hydrogen) atoms. The molecule has 1 amide bonds. The van der Waals surface area contributed by atoms with Crippen LogP contribution in [0.25, 0.3) is 0 Å². The highest BCUT2D eigenvalue weighted by molar-refractivity contribution is 5.80. The van der Waals surface area contributed by atoms with Gasteiger partial charge in [-0.05, 0) is 0 Å². The third-order valence-corrected chi connectivity index (χ3v) is 0.579. The molecule has 0 heterocycles. The Morgan fingerprint density at radius 2 is 1.91 bits per heavy atom. The lowest BCUT2D eigenvalue weighted by Crippen LogP contribution is -2.06. The second-order valence-electron chi connectivity index (χ2n) is 1.80. The summed E-state index contributed by atoms with van der Waals surface area (Å²) in [5.41, 5.74) is 0. The lowest BCUT2D eigenvalue weighted by Gasteiger charge is -1.93. The number of nitrogens with zero attached hydrogens (tertiary/aromatic N) is 1. The average molecular weight is 159 g/mol. The maximum Gasteiger partial charge on any atom is 0.329 e. The van der Waals surface area contributed by atoms with Crippen molar-refractivity contribution in [1.82, 2.24) is 4.90 Å². The fraction of sp³-hybridized carbons (Fsp3) is 0.429. The van der Waals surface area contributed by atoms with E-state index in [1.807, 2.05) is 0 Å². The maximum atomic E-state index is 9.84. The summed E-state index contributed by atoms with van der Waals surface area (Å²) in [4.78, 5) is 20.7. The van der Waals surface area contributed by atoms with Crippen LogP contribution in [-0.2, 0) is 14.3 Å². The zero-order valence-corrected chi connectivity index (χ0v) is 7.03. The molecule has 0 rings (SSSR count). The Hall–Kier alpha value is -1.32. The van der Waals surface area contributed by atoms with Crippen molar-refractivity contribution in [3.8, 4) is 0 Å². The molecule has 0 radical (unpaired) electrons. The van der Waals surface area contributed by atoms with Gasteiger partial charge in [-0.3, -0.25) is 4.79 Å². The minimum atomic E-state index is -0.394. The van der Waals surface area contributed by atoms with Crippen molar-refractivity contribution < 1.29 is 14.3 Å². The molecule has 0 aliphatic heterocycles. The minimum absolute atomic E-state index is 0.394. The Balaban J connectivity index is 0. The molecule has 0 aliphatic carbocycles. The Kier molecular flexibility index (Phi) is 9.76. The first kappa shape index (κ1) is 12.4. The number of esters is 1. The molecule has 0 N–H and O–H groups in total. The van der Waals surface area contributed by atoms with Crippen molar-refractivity contribution in [3.05, 3.63) is 12.7 Å². The van der Waals surface area contributed by atoms with Gasteiger partial charge in [0.25, 0.3) is 0 Å². The minimum Gasteiger partial charge on any atom is -0.466 e. The molecule has 0 bridgehead atoms. The Morgan fingerprint density at radius 3 is 1.91 bits per heavy atom. The number of hydrogen-bond acceptors (Lipinski definition) is 3. The summed E-state index contributed by atoms with van der Waals surface area (Å²) in [5.74, 6) is -0.394. The van der Waals surface area contributed by atoms with Crippen molar-refractivity contribution in [2.75, 3.05) is 21.2 Å². The van der Waals surface area contributed by atoms with Gasteiger partial charge in [0.1, 0.15) is 0 Å². The Bertz CT molecular complexity index is 132. The Morgan fingerprint density at radius 1 is 1.55 bits per heavy atom. The molecule has 0 spiro atoms. The molecule has 0 unspecified atom stereocenters. The lowest BCUT2D eigenvalue weighted by atomic mass is 10.7. The number of amides is 1. The van der Waals surface area contributed by atoms with Gasteiger partial charge in [-0.2, -0.15) is 0 Å². The molecule has 0 aromatic carbocycles. The molecule has 0 fully saturated rings. The molecule has 0 saturated carbocycles. The van der Waals surface area contributed by atoms with E-state index >= 15 is 0 Å². The average Bonchev–Trinajstić information content (AvgIpc) is 2.04. The lowest BCUT2D eigenvalue weighted by molar-refractivity contribution is -0.134. The number of methoxy groups -OCH3 is 1. The number of carbonyl (C=O) groups is 2. The van der Waals surface area contributed by atoms with E-state index in [1.165, 1.54) is 12.0 Å². The second-order valence-corrected chi connectivity index (χ2v) is 1.80. The topological polar surface area (TPSA) is 46.6 Å². The van der Waals surface area contributed by atoms with Gasteiger partial charge in [0.2, 0.25) is 6.41 Å². The third kappa shape index (κ3) is 17.7. The Labute approximate surface area is 66.4 Å². The van der Waals surface area contributed by atoms with Crippen LogP contribution in [0.3, 0.4) is 0 Å². The zero-order chi connectivity index (χ0) is 9.28. The van der Waals surface area contributed by atoms with Crippen molar-refractivity contribution in [2.45, 2.75) is 0 Å². The van der Waals surface area contributed by atoms with E-state index in [1.54, 1.807) is 14.1 Å². The molecule has 0 aromatic heterocycles. The first-order valence-electron chi connectivity index (χ1n) is 2.90.